The van der Waals surface area contributed by atoms with Crippen LogP contribution in [0.25, 0.3) is 10.9 Å². The van der Waals surface area contributed by atoms with E-state index in [0.717, 1.165) is 5.39 Å². The van der Waals surface area contributed by atoms with Gasteiger partial charge < -0.3 is 30.2 Å². The molecule has 3 heterocycles. The van der Waals surface area contributed by atoms with Crippen molar-refractivity contribution in [3.8, 4) is 5.75 Å². The van der Waals surface area contributed by atoms with Gasteiger partial charge in [-0.15, -0.1) is 0 Å². The van der Waals surface area contributed by atoms with Crippen molar-refractivity contribution in [2.45, 2.75) is 31.5 Å². The van der Waals surface area contributed by atoms with Gasteiger partial charge in [-0.2, -0.15) is 0 Å². The number of anilines is 2. The molecule has 1 saturated heterocycles. The fourth-order valence-corrected chi connectivity index (χ4v) is 3.88. The summed E-state index contributed by atoms with van der Waals surface area (Å²) in [5, 5.41) is 21.8. The van der Waals surface area contributed by atoms with E-state index in [0.29, 0.717) is 47.1 Å². The first-order chi connectivity index (χ1) is 17.7. The summed E-state index contributed by atoms with van der Waals surface area (Å²) in [6, 6.07) is 10.8. The molecule has 0 bridgehead atoms. The molecule has 194 valence electrons. The smallest absolute Gasteiger partial charge is 0.254 e. The molecule has 3 aromatic rings. The number of fused-ring (bicyclic) bond motifs is 1. The number of amides is 1. The predicted molar refractivity (Wildman–Crippen MR) is 144 cm³/mol. The molecule has 10 heteroatoms. The molecule has 1 unspecified atom stereocenters. The van der Waals surface area contributed by atoms with Crippen LogP contribution in [0.3, 0.4) is 0 Å². The van der Waals surface area contributed by atoms with Crippen LogP contribution in [-0.2, 0) is 4.74 Å². The third-order valence-corrected chi connectivity index (χ3v) is 6.04. The lowest BCUT2D eigenvalue weighted by Crippen LogP contribution is -2.54. The van der Waals surface area contributed by atoms with Crippen LogP contribution >= 0.6 is 0 Å². The Morgan fingerprint density at radius 1 is 1.30 bits per heavy atom. The molecule has 37 heavy (non-hydrogen) atoms. The number of carbonyl (C=O) groups is 1. The largest absolute Gasteiger partial charge is 0.495 e. The van der Waals surface area contributed by atoms with Gasteiger partial charge in [-0.25, -0.2) is 4.98 Å². The Morgan fingerprint density at radius 3 is 2.76 bits per heavy atom. The number of ether oxygens (including phenoxy) is 2. The van der Waals surface area contributed by atoms with Gasteiger partial charge in [0.1, 0.15) is 11.6 Å². The van der Waals surface area contributed by atoms with Crippen LogP contribution in [0.2, 0.25) is 0 Å². The van der Waals surface area contributed by atoms with E-state index in [1.54, 1.807) is 63.6 Å². The van der Waals surface area contributed by atoms with Gasteiger partial charge in [0, 0.05) is 55.8 Å². The maximum Gasteiger partial charge on any atom is 0.254 e. The number of likely N-dealkylation sites (tertiary alicyclic amines) is 1. The molecule has 0 radical (unpaired) electrons. The topological polar surface area (TPSA) is 133 Å². The number of nitrogens with one attached hydrogen (secondary N) is 2. The van der Waals surface area contributed by atoms with E-state index in [-0.39, 0.29) is 18.6 Å². The van der Waals surface area contributed by atoms with E-state index in [4.69, 9.17) is 19.9 Å². The van der Waals surface area contributed by atoms with Crippen LogP contribution in [0.15, 0.2) is 47.6 Å². The van der Waals surface area contributed by atoms with Gasteiger partial charge in [0.25, 0.3) is 5.91 Å². The summed E-state index contributed by atoms with van der Waals surface area (Å²) in [5.74, 6) is 0.602. The monoisotopic (exact) mass is 504 g/mol. The van der Waals surface area contributed by atoms with Crippen molar-refractivity contribution in [2.24, 2.45) is 4.99 Å². The molecule has 1 atom stereocenters. The lowest BCUT2D eigenvalue weighted by atomic mass is 10.1. The maximum atomic E-state index is 12.7. The molecule has 0 aliphatic carbocycles. The fraction of sp³-hybridized carbons (Fsp3) is 0.370. The molecule has 1 aliphatic heterocycles. The number of aliphatic imine (C=N–C) groups is 1. The highest BCUT2D eigenvalue weighted by Gasteiger charge is 2.31. The fourth-order valence-electron chi connectivity index (χ4n) is 3.88. The Labute approximate surface area is 215 Å². The van der Waals surface area contributed by atoms with Crippen LogP contribution < -0.4 is 10.1 Å². The van der Waals surface area contributed by atoms with Crippen LogP contribution in [0.1, 0.15) is 35.8 Å². The van der Waals surface area contributed by atoms with Crippen LogP contribution in [0.4, 0.5) is 11.5 Å². The maximum absolute atomic E-state index is 12.7. The minimum absolute atomic E-state index is 0.0643. The number of hydrogen-bond donors (Lipinski definition) is 3. The second kappa shape index (κ2) is 11.0. The average Bonchev–Trinajstić information content (AvgIpc) is 2.85. The number of benzene rings is 1. The van der Waals surface area contributed by atoms with Crippen LogP contribution in [-0.4, -0.2) is 83.9 Å². The first-order valence-corrected chi connectivity index (χ1v) is 12.0. The molecule has 3 N–H and O–H groups in total. The summed E-state index contributed by atoms with van der Waals surface area (Å²) < 4.78 is 10.8. The number of carbonyl (C=O) groups excluding carboxylic acids is 1. The highest BCUT2D eigenvalue weighted by Crippen LogP contribution is 2.30. The quantitative estimate of drug-likeness (QED) is 0.360. The number of hydrogen-bond acceptors (Lipinski definition) is 9. The zero-order valence-electron chi connectivity index (χ0n) is 21.4. The van der Waals surface area contributed by atoms with Crippen molar-refractivity contribution in [1.82, 2.24) is 14.9 Å². The van der Waals surface area contributed by atoms with Crippen molar-refractivity contribution in [1.29, 1.82) is 5.41 Å². The summed E-state index contributed by atoms with van der Waals surface area (Å²) in [7, 11) is 3.20. The Kier molecular flexibility index (Phi) is 7.80. The van der Waals surface area contributed by atoms with Gasteiger partial charge in [-0.3, -0.25) is 14.8 Å². The van der Waals surface area contributed by atoms with Gasteiger partial charge >= 0.3 is 0 Å². The van der Waals surface area contributed by atoms with E-state index in [9.17, 15) is 9.90 Å². The zero-order chi connectivity index (χ0) is 26.6. The first-order valence-electron chi connectivity index (χ1n) is 12.0. The van der Waals surface area contributed by atoms with Crippen molar-refractivity contribution in [3.05, 3.63) is 53.9 Å². The second-order valence-electron chi connectivity index (χ2n) is 9.60. The minimum Gasteiger partial charge on any atom is -0.495 e. The molecule has 1 aromatic carbocycles. The molecule has 10 nitrogen and oxygen atoms in total. The molecule has 1 aliphatic rings. The molecule has 0 saturated carbocycles. The Bertz CT molecular complexity index is 1310. The number of aliphatic hydroxyl groups is 1. The van der Waals surface area contributed by atoms with E-state index >= 15 is 0 Å². The van der Waals surface area contributed by atoms with Gasteiger partial charge in [-0.05, 0) is 44.2 Å². The number of rotatable bonds is 10. The van der Waals surface area contributed by atoms with E-state index in [1.165, 1.54) is 6.21 Å². The molecule has 1 amide bonds. The van der Waals surface area contributed by atoms with Crippen molar-refractivity contribution in [2.75, 3.05) is 39.2 Å². The number of methoxy groups -OCH3 is 2. The van der Waals surface area contributed by atoms with E-state index < -0.39 is 11.5 Å². The third-order valence-electron chi connectivity index (χ3n) is 6.04. The first kappa shape index (κ1) is 26.2. The summed E-state index contributed by atoms with van der Waals surface area (Å²) >= 11 is 0. The summed E-state index contributed by atoms with van der Waals surface area (Å²) in [5.41, 5.74) is 1.66. The lowest BCUT2D eigenvalue weighted by Gasteiger charge is -2.38. The Morgan fingerprint density at radius 2 is 2.08 bits per heavy atom. The number of nitrogens with zero attached hydrogens (tertiary/aromatic N) is 4. The molecular formula is C27H32N6O4. The molecule has 2 aromatic heterocycles. The lowest BCUT2D eigenvalue weighted by molar-refractivity contribution is -0.0192. The number of aromatic nitrogens is 2. The zero-order valence-corrected chi connectivity index (χ0v) is 21.4. The molecular weight excluding hydrogens is 472 g/mol. The van der Waals surface area contributed by atoms with Crippen LogP contribution in [0, 0.1) is 5.41 Å². The predicted octanol–water partition coefficient (Wildman–Crippen LogP) is 3.43. The van der Waals surface area contributed by atoms with E-state index in [1.807, 2.05) is 18.2 Å². The third kappa shape index (κ3) is 6.28. The Hall–Kier alpha value is -3.89. The van der Waals surface area contributed by atoms with Crippen molar-refractivity contribution in [3.63, 3.8) is 0 Å². The normalized spacial score (nSPS) is 15.0. The Balaban J connectivity index is 1.53. The van der Waals surface area contributed by atoms with Gasteiger partial charge in [-0.1, -0.05) is 0 Å². The van der Waals surface area contributed by atoms with Crippen molar-refractivity contribution >= 4 is 40.7 Å². The van der Waals surface area contributed by atoms with Gasteiger partial charge in [0.05, 0.1) is 48.2 Å². The summed E-state index contributed by atoms with van der Waals surface area (Å²) in [6.07, 6.45) is 4.71. The van der Waals surface area contributed by atoms with Gasteiger partial charge in [0.2, 0.25) is 0 Å². The average molecular weight is 505 g/mol. The molecule has 1 fully saturated rings. The summed E-state index contributed by atoms with van der Waals surface area (Å²) in [4.78, 5) is 27.9. The summed E-state index contributed by atoms with van der Waals surface area (Å²) in [6.45, 7) is 4.77. The highest BCUT2D eigenvalue weighted by molar-refractivity contribution is 5.96. The van der Waals surface area contributed by atoms with Crippen molar-refractivity contribution < 1.29 is 19.4 Å². The second-order valence-corrected chi connectivity index (χ2v) is 9.60. The van der Waals surface area contributed by atoms with E-state index in [2.05, 4.69) is 15.3 Å². The SMILES string of the molecule is COc1cc(C(=O)N2CC(OC)C2)ccc1Nc1cc2nc(C(C=N)C=NCC(C)(C)O)ccc2cn1. The highest BCUT2D eigenvalue weighted by atomic mass is 16.5. The number of pyridine rings is 2. The molecule has 0 spiro atoms. The molecule has 4 rings (SSSR count). The van der Waals surface area contributed by atoms with Crippen LogP contribution in [0.5, 0.6) is 5.75 Å². The minimum atomic E-state index is -0.916. The van der Waals surface area contributed by atoms with Gasteiger partial charge in [0.15, 0.2) is 0 Å². The standard InChI is InChI=1S/C27H32N6O4/c1-27(2,35)16-29-12-19(11-28)21-7-6-18-13-30-25(10-23(18)31-21)32-22-8-5-17(9-24(22)37-4)26(34)33-14-20(15-33)36-3/h5-13,19-20,28,35H,14-16H2,1-4H3,(H,30,32).